The molecule has 198 valence electrons. The first kappa shape index (κ1) is 26.1. The van der Waals surface area contributed by atoms with E-state index in [1.807, 2.05) is 28.7 Å². The van der Waals surface area contributed by atoms with Crippen LogP contribution in [0.2, 0.25) is 0 Å². The number of hydrogen-bond acceptors (Lipinski definition) is 5. The number of hydrogen-bond donors (Lipinski definition) is 2. The van der Waals surface area contributed by atoms with Gasteiger partial charge >= 0.3 is 5.69 Å². The van der Waals surface area contributed by atoms with Crippen LogP contribution in [0.1, 0.15) is 49.9 Å². The number of anilines is 1. The van der Waals surface area contributed by atoms with Gasteiger partial charge in [0.15, 0.2) is 0 Å². The van der Waals surface area contributed by atoms with Crippen molar-refractivity contribution in [2.45, 2.75) is 52.1 Å². The molecular weight excluding hydrogens is 604 g/mol. The average molecular weight is 631 g/mol. The number of carbonyl (C=O) groups is 1. The quantitative estimate of drug-likeness (QED) is 0.406. The number of amides is 1. The SMILES string of the molecule is CC(=O)NC1=CCCC(n2c(=O)n(C3CC3)c(=O)c3c(CNc4ccc(I)cc4F)n(C)c(=O)c(C)c32)=C1. The van der Waals surface area contributed by atoms with Crippen molar-refractivity contribution in [1.29, 1.82) is 0 Å². The normalized spacial score (nSPS) is 15.3. The van der Waals surface area contributed by atoms with Crippen molar-refractivity contribution >= 4 is 50.8 Å². The first-order valence-corrected chi connectivity index (χ1v) is 13.4. The van der Waals surface area contributed by atoms with Crippen molar-refractivity contribution in [2.24, 2.45) is 7.05 Å². The number of benzene rings is 1. The van der Waals surface area contributed by atoms with Gasteiger partial charge in [0, 0.05) is 40.5 Å². The molecule has 0 saturated heterocycles. The molecule has 2 heterocycles. The molecule has 2 aliphatic rings. The minimum atomic E-state index is -0.501. The van der Waals surface area contributed by atoms with E-state index in [1.165, 1.54) is 26.7 Å². The number of rotatable bonds is 6. The zero-order chi connectivity index (χ0) is 27.3. The van der Waals surface area contributed by atoms with Crippen LogP contribution in [-0.4, -0.2) is 19.6 Å². The molecule has 0 spiro atoms. The number of aryl methyl sites for hydroxylation is 1. The highest BCUT2D eigenvalue weighted by atomic mass is 127. The number of pyridine rings is 1. The summed E-state index contributed by atoms with van der Waals surface area (Å²) >= 11 is 2.02. The Kier molecular flexibility index (Phi) is 6.88. The van der Waals surface area contributed by atoms with Crippen LogP contribution in [0.5, 0.6) is 0 Å². The minimum absolute atomic E-state index is 0.00572. The van der Waals surface area contributed by atoms with Crippen LogP contribution in [0.25, 0.3) is 16.6 Å². The standard InChI is InChI=1S/C27H27FIN5O4/c1-14-24-23(22(32(3)25(14)36)13-30-21-10-7-16(29)11-20(21)28)26(37)34(18-8-9-18)27(38)33(24)19-6-4-5-17(12-19)31-15(2)35/h5,7,10-12,18,30H,4,6,8-9,13H2,1-3H3,(H,31,35). The van der Waals surface area contributed by atoms with Gasteiger partial charge in [0.05, 0.1) is 28.8 Å². The van der Waals surface area contributed by atoms with Crippen LogP contribution in [0, 0.1) is 16.3 Å². The largest absolute Gasteiger partial charge is 0.377 e. The molecular formula is C27H27FIN5O4. The maximum Gasteiger partial charge on any atom is 0.336 e. The van der Waals surface area contributed by atoms with E-state index in [4.69, 9.17) is 0 Å². The van der Waals surface area contributed by atoms with Crippen LogP contribution >= 0.6 is 22.6 Å². The van der Waals surface area contributed by atoms with Gasteiger partial charge in [0.25, 0.3) is 11.1 Å². The molecule has 2 aliphatic carbocycles. The van der Waals surface area contributed by atoms with Crippen LogP contribution in [0.3, 0.4) is 0 Å². The van der Waals surface area contributed by atoms with E-state index in [9.17, 15) is 23.6 Å². The molecule has 1 amide bonds. The number of carbonyl (C=O) groups excluding carboxylic acids is 1. The monoisotopic (exact) mass is 631 g/mol. The van der Waals surface area contributed by atoms with Crippen LogP contribution < -0.4 is 27.4 Å². The summed E-state index contributed by atoms with van der Waals surface area (Å²) in [6.07, 6.45) is 6.06. The van der Waals surface area contributed by atoms with Crippen molar-refractivity contribution in [3.63, 3.8) is 0 Å². The summed E-state index contributed by atoms with van der Waals surface area (Å²) in [4.78, 5) is 52.8. The van der Waals surface area contributed by atoms with Crippen molar-refractivity contribution in [2.75, 3.05) is 5.32 Å². The van der Waals surface area contributed by atoms with E-state index in [0.717, 1.165) is 3.57 Å². The fraction of sp³-hybridized carbons (Fsp3) is 0.333. The average Bonchev–Trinajstić information content (AvgIpc) is 3.69. The van der Waals surface area contributed by atoms with Gasteiger partial charge < -0.3 is 15.2 Å². The van der Waals surface area contributed by atoms with Crippen molar-refractivity contribution in [3.05, 3.63) is 87.9 Å². The summed E-state index contributed by atoms with van der Waals surface area (Å²) < 4.78 is 19.4. The van der Waals surface area contributed by atoms with Gasteiger partial charge in [-0.3, -0.25) is 23.5 Å². The predicted octanol–water partition coefficient (Wildman–Crippen LogP) is 3.52. The molecule has 0 bridgehead atoms. The predicted molar refractivity (Wildman–Crippen MR) is 153 cm³/mol. The van der Waals surface area contributed by atoms with Crippen molar-refractivity contribution in [3.8, 4) is 0 Å². The molecule has 0 radical (unpaired) electrons. The molecule has 1 aromatic carbocycles. The van der Waals surface area contributed by atoms with Crippen LogP contribution in [0.15, 0.2) is 50.4 Å². The third kappa shape index (κ3) is 4.63. The number of aromatic nitrogens is 3. The summed E-state index contributed by atoms with van der Waals surface area (Å²) in [5, 5.41) is 6.02. The second-order valence-corrected chi connectivity index (χ2v) is 10.9. The molecule has 0 aliphatic heterocycles. The van der Waals surface area contributed by atoms with Gasteiger partial charge in [0.1, 0.15) is 5.82 Å². The number of allylic oxidation sites excluding steroid dienone is 3. The Morgan fingerprint density at radius 2 is 1.92 bits per heavy atom. The van der Waals surface area contributed by atoms with E-state index in [1.54, 1.807) is 32.2 Å². The number of nitrogens with zero attached hydrogens (tertiary/aromatic N) is 3. The smallest absolute Gasteiger partial charge is 0.336 e. The van der Waals surface area contributed by atoms with Gasteiger partial charge in [-0.05, 0) is 79.5 Å². The molecule has 0 atom stereocenters. The topological polar surface area (TPSA) is 107 Å². The Morgan fingerprint density at radius 3 is 2.58 bits per heavy atom. The third-order valence-electron chi connectivity index (χ3n) is 6.95. The Labute approximate surface area is 230 Å². The van der Waals surface area contributed by atoms with Gasteiger partial charge in [-0.1, -0.05) is 6.08 Å². The lowest BCUT2D eigenvalue weighted by Gasteiger charge is -2.23. The third-order valence-corrected chi connectivity index (χ3v) is 7.62. The summed E-state index contributed by atoms with van der Waals surface area (Å²) in [7, 11) is 1.57. The lowest BCUT2D eigenvalue weighted by molar-refractivity contribution is -0.118. The highest BCUT2D eigenvalue weighted by molar-refractivity contribution is 14.1. The summed E-state index contributed by atoms with van der Waals surface area (Å²) in [6.45, 7) is 3.00. The number of nitrogens with one attached hydrogen (secondary N) is 2. The zero-order valence-electron chi connectivity index (χ0n) is 21.2. The van der Waals surface area contributed by atoms with Gasteiger partial charge in [0.2, 0.25) is 5.91 Å². The van der Waals surface area contributed by atoms with Crippen molar-refractivity contribution in [1.82, 2.24) is 19.0 Å². The highest BCUT2D eigenvalue weighted by Crippen LogP contribution is 2.34. The number of halogens is 2. The fourth-order valence-corrected chi connectivity index (χ4v) is 5.43. The zero-order valence-corrected chi connectivity index (χ0v) is 23.4. The molecule has 5 rings (SSSR count). The maximum absolute atomic E-state index is 14.6. The number of fused-ring (bicyclic) bond motifs is 1. The maximum atomic E-state index is 14.6. The lowest BCUT2D eigenvalue weighted by Crippen LogP contribution is -2.42. The van der Waals surface area contributed by atoms with Gasteiger partial charge in [-0.25, -0.2) is 9.18 Å². The Balaban J connectivity index is 1.78. The molecule has 2 N–H and O–H groups in total. The van der Waals surface area contributed by atoms with E-state index in [-0.39, 0.29) is 46.2 Å². The van der Waals surface area contributed by atoms with E-state index >= 15 is 0 Å². The summed E-state index contributed by atoms with van der Waals surface area (Å²) in [5.41, 5.74) is 0.924. The molecule has 1 fully saturated rings. The van der Waals surface area contributed by atoms with E-state index in [2.05, 4.69) is 10.6 Å². The van der Waals surface area contributed by atoms with Crippen LogP contribution in [0.4, 0.5) is 10.1 Å². The molecule has 11 heteroatoms. The van der Waals surface area contributed by atoms with Crippen LogP contribution in [-0.2, 0) is 18.4 Å². The van der Waals surface area contributed by atoms with Crippen molar-refractivity contribution < 1.29 is 9.18 Å². The molecule has 1 saturated carbocycles. The first-order chi connectivity index (χ1) is 18.1. The first-order valence-electron chi connectivity index (χ1n) is 12.4. The highest BCUT2D eigenvalue weighted by Gasteiger charge is 2.32. The second kappa shape index (κ2) is 10.0. The minimum Gasteiger partial charge on any atom is -0.377 e. The molecule has 3 aromatic rings. The Hall–Kier alpha value is -3.48. The summed E-state index contributed by atoms with van der Waals surface area (Å²) in [5.74, 6) is -0.689. The second-order valence-electron chi connectivity index (χ2n) is 9.68. The van der Waals surface area contributed by atoms with E-state index in [0.29, 0.717) is 42.8 Å². The molecule has 38 heavy (non-hydrogen) atoms. The van der Waals surface area contributed by atoms with Gasteiger partial charge in [-0.15, -0.1) is 0 Å². The Bertz CT molecular complexity index is 1740. The van der Waals surface area contributed by atoms with Gasteiger partial charge in [-0.2, -0.15) is 0 Å². The summed E-state index contributed by atoms with van der Waals surface area (Å²) in [6, 6.07) is 4.54. The molecule has 9 nitrogen and oxygen atoms in total. The van der Waals surface area contributed by atoms with E-state index < -0.39 is 17.1 Å². The fourth-order valence-electron chi connectivity index (χ4n) is 4.98. The lowest BCUT2D eigenvalue weighted by atomic mass is 10.1. The molecule has 2 aromatic heterocycles. The molecule has 0 unspecified atom stereocenters. The Morgan fingerprint density at radius 1 is 1.18 bits per heavy atom.